The number of hydrogen-bond donors (Lipinski definition) is 1. The zero-order valence-corrected chi connectivity index (χ0v) is 8.64. The lowest BCUT2D eigenvalue weighted by Crippen LogP contribution is -2.30. The Morgan fingerprint density at radius 3 is 3.07 bits per heavy atom. The van der Waals surface area contributed by atoms with Gasteiger partial charge in [-0.2, -0.15) is 0 Å². The Morgan fingerprint density at radius 1 is 1.57 bits per heavy atom. The van der Waals surface area contributed by atoms with Crippen LogP contribution in [0.5, 0.6) is 0 Å². The summed E-state index contributed by atoms with van der Waals surface area (Å²) < 4.78 is 0. The molecular weight excluding hydrogens is 200 g/mol. The van der Waals surface area contributed by atoms with Gasteiger partial charge in [0, 0.05) is 25.7 Å². The van der Waals surface area contributed by atoms with Gasteiger partial charge in [-0.05, 0) is 12.1 Å². The molecule has 3 nitrogen and oxygen atoms in total. The van der Waals surface area contributed by atoms with E-state index in [4.69, 9.17) is 11.6 Å². The Morgan fingerprint density at radius 2 is 2.36 bits per heavy atom. The third kappa shape index (κ3) is 1.44. The number of nitrogens with zero attached hydrogens (tertiary/aromatic N) is 1. The van der Waals surface area contributed by atoms with Gasteiger partial charge in [0.2, 0.25) is 0 Å². The van der Waals surface area contributed by atoms with E-state index in [1.54, 1.807) is 6.07 Å². The van der Waals surface area contributed by atoms with Crippen molar-refractivity contribution in [3.63, 3.8) is 0 Å². The fraction of sp³-hybridized carbons (Fsp3) is 0.300. The Hall–Kier alpha value is -1.22. The number of fused-ring (bicyclic) bond motifs is 1. The van der Waals surface area contributed by atoms with Crippen molar-refractivity contribution in [3.8, 4) is 0 Å². The summed E-state index contributed by atoms with van der Waals surface area (Å²) in [5, 5.41) is 3.85. The van der Waals surface area contributed by atoms with Gasteiger partial charge in [-0.25, -0.2) is 0 Å². The molecule has 0 fully saturated rings. The predicted molar refractivity (Wildman–Crippen MR) is 58.6 cm³/mol. The second-order valence-corrected chi connectivity index (χ2v) is 3.77. The normalized spacial score (nSPS) is 14.6. The quantitative estimate of drug-likeness (QED) is 0.720. The van der Waals surface area contributed by atoms with Gasteiger partial charge in [0.25, 0.3) is 0 Å². The second-order valence-electron chi connectivity index (χ2n) is 3.37. The van der Waals surface area contributed by atoms with Crippen LogP contribution in [0.25, 0.3) is 0 Å². The largest absolute Gasteiger partial charge is 0.382 e. The summed E-state index contributed by atoms with van der Waals surface area (Å²) in [5.74, 6) is 0. The summed E-state index contributed by atoms with van der Waals surface area (Å²) in [7, 11) is 1.99. The maximum absolute atomic E-state index is 10.6. The summed E-state index contributed by atoms with van der Waals surface area (Å²) in [5.41, 5.74) is 2.52. The minimum atomic E-state index is 0.608. The van der Waals surface area contributed by atoms with Gasteiger partial charge in [-0.1, -0.05) is 11.6 Å². The number of halogens is 1. The van der Waals surface area contributed by atoms with Gasteiger partial charge in [0.1, 0.15) is 6.29 Å². The fourth-order valence-electron chi connectivity index (χ4n) is 1.68. The molecule has 0 unspecified atom stereocenters. The van der Waals surface area contributed by atoms with Crippen molar-refractivity contribution in [1.29, 1.82) is 0 Å². The Balaban J connectivity index is 2.56. The van der Waals surface area contributed by atoms with Crippen molar-refractivity contribution in [2.45, 2.75) is 0 Å². The van der Waals surface area contributed by atoms with E-state index >= 15 is 0 Å². The van der Waals surface area contributed by atoms with Crippen LogP contribution >= 0.6 is 11.6 Å². The van der Waals surface area contributed by atoms with Crippen LogP contribution in [0, 0.1) is 0 Å². The van der Waals surface area contributed by atoms with Crippen LogP contribution in [0.1, 0.15) is 10.4 Å². The average Bonchev–Trinajstić information content (AvgIpc) is 2.17. The van der Waals surface area contributed by atoms with Crippen molar-refractivity contribution >= 4 is 29.3 Å². The molecule has 2 rings (SSSR count). The molecule has 0 bridgehead atoms. The third-order valence-corrected chi connectivity index (χ3v) is 2.65. The summed E-state index contributed by atoms with van der Waals surface area (Å²) in [6.07, 6.45) is 0.808. The number of carbonyl (C=O) groups excluding carboxylic acids is 1. The van der Waals surface area contributed by atoms with Crippen molar-refractivity contribution in [3.05, 3.63) is 22.7 Å². The molecule has 1 heterocycles. The highest BCUT2D eigenvalue weighted by atomic mass is 35.5. The summed E-state index contributed by atoms with van der Waals surface area (Å²) in [6, 6.07) is 3.51. The highest BCUT2D eigenvalue weighted by Gasteiger charge is 2.17. The maximum Gasteiger partial charge on any atom is 0.150 e. The molecule has 1 aromatic carbocycles. The molecule has 0 radical (unpaired) electrons. The van der Waals surface area contributed by atoms with Gasteiger partial charge < -0.3 is 10.2 Å². The molecule has 1 aliphatic rings. The van der Waals surface area contributed by atoms with E-state index in [9.17, 15) is 4.79 Å². The standard InChI is InChI=1S/C10H11ClN2O/c1-13-3-2-12-9-5-7(6-14)4-8(11)10(9)13/h4-6,12H,2-3H2,1H3. The first-order valence-corrected chi connectivity index (χ1v) is 4.84. The first-order chi connectivity index (χ1) is 6.72. The highest BCUT2D eigenvalue weighted by molar-refractivity contribution is 6.34. The summed E-state index contributed by atoms with van der Waals surface area (Å²) in [4.78, 5) is 12.7. The smallest absolute Gasteiger partial charge is 0.150 e. The fourth-order valence-corrected chi connectivity index (χ4v) is 2.05. The molecule has 4 heteroatoms. The average molecular weight is 211 g/mol. The first kappa shape index (κ1) is 9.34. The zero-order valence-electron chi connectivity index (χ0n) is 7.88. The minimum absolute atomic E-state index is 0.608. The first-order valence-electron chi connectivity index (χ1n) is 4.46. The van der Waals surface area contributed by atoms with Crippen LogP contribution in [0.3, 0.4) is 0 Å². The van der Waals surface area contributed by atoms with E-state index in [0.29, 0.717) is 10.6 Å². The maximum atomic E-state index is 10.6. The van der Waals surface area contributed by atoms with Gasteiger partial charge >= 0.3 is 0 Å². The monoisotopic (exact) mass is 210 g/mol. The number of anilines is 2. The molecule has 0 saturated carbocycles. The van der Waals surface area contributed by atoms with Crippen LogP contribution in [-0.4, -0.2) is 26.4 Å². The van der Waals surface area contributed by atoms with Crippen LogP contribution in [0.4, 0.5) is 11.4 Å². The van der Waals surface area contributed by atoms with Crippen LogP contribution in [0.2, 0.25) is 5.02 Å². The van der Waals surface area contributed by atoms with E-state index < -0.39 is 0 Å². The lowest BCUT2D eigenvalue weighted by atomic mass is 10.1. The van der Waals surface area contributed by atoms with Crippen LogP contribution in [-0.2, 0) is 0 Å². The molecule has 1 N–H and O–H groups in total. The number of carbonyl (C=O) groups is 1. The number of hydrogen-bond acceptors (Lipinski definition) is 3. The van der Waals surface area contributed by atoms with Crippen LogP contribution < -0.4 is 10.2 Å². The number of aldehydes is 1. The summed E-state index contributed by atoms with van der Waals surface area (Å²) in [6.45, 7) is 1.80. The van der Waals surface area contributed by atoms with Gasteiger partial charge in [-0.3, -0.25) is 4.79 Å². The lowest BCUT2D eigenvalue weighted by molar-refractivity contribution is 0.112. The molecule has 0 aliphatic carbocycles. The zero-order chi connectivity index (χ0) is 10.1. The molecule has 0 aromatic heterocycles. The molecule has 0 amide bonds. The van der Waals surface area contributed by atoms with E-state index in [-0.39, 0.29) is 0 Å². The predicted octanol–water partition coefficient (Wildman–Crippen LogP) is 2.01. The van der Waals surface area contributed by atoms with Crippen molar-refractivity contribution in [2.24, 2.45) is 0 Å². The molecule has 14 heavy (non-hydrogen) atoms. The van der Waals surface area contributed by atoms with Crippen molar-refractivity contribution in [1.82, 2.24) is 0 Å². The van der Waals surface area contributed by atoms with E-state index in [1.165, 1.54) is 0 Å². The molecule has 74 valence electrons. The van der Waals surface area contributed by atoms with E-state index in [2.05, 4.69) is 10.2 Å². The Labute approximate surface area is 87.7 Å². The SMILES string of the molecule is CN1CCNc2cc(C=O)cc(Cl)c21. The Bertz CT molecular complexity index is 379. The minimum Gasteiger partial charge on any atom is -0.382 e. The van der Waals surface area contributed by atoms with Crippen molar-refractivity contribution < 1.29 is 4.79 Å². The van der Waals surface area contributed by atoms with Gasteiger partial charge in [-0.15, -0.1) is 0 Å². The number of benzene rings is 1. The molecule has 1 aromatic rings. The van der Waals surface area contributed by atoms with E-state index in [0.717, 1.165) is 30.8 Å². The molecule has 1 aliphatic heterocycles. The molecule has 0 saturated heterocycles. The summed E-state index contributed by atoms with van der Waals surface area (Å²) >= 11 is 6.08. The Kier molecular flexibility index (Phi) is 2.33. The van der Waals surface area contributed by atoms with Gasteiger partial charge in [0.05, 0.1) is 16.4 Å². The number of nitrogens with one attached hydrogen (secondary N) is 1. The third-order valence-electron chi connectivity index (χ3n) is 2.37. The highest BCUT2D eigenvalue weighted by Crippen LogP contribution is 2.36. The molecule has 0 atom stereocenters. The number of likely N-dealkylation sites (N-methyl/N-ethyl adjacent to an activating group) is 1. The van der Waals surface area contributed by atoms with E-state index in [1.807, 2.05) is 13.1 Å². The topological polar surface area (TPSA) is 32.3 Å². The lowest BCUT2D eigenvalue weighted by Gasteiger charge is -2.29. The number of rotatable bonds is 1. The van der Waals surface area contributed by atoms with Gasteiger partial charge in [0.15, 0.2) is 0 Å². The van der Waals surface area contributed by atoms with Crippen molar-refractivity contribution in [2.75, 3.05) is 30.4 Å². The van der Waals surface area contributed by atoms with Crippen LogP contribution in [0.15, 0.2) is 12.1 Å². The molecule has 0 spiro atoms. The second kappa shape index (κ2) is 3.50. The molecular formula is C10H11ClN2O.